The molecule has 104 valence electrons. The van der Waals surface area contributed by atoms with Gasteiger partial charge < -0.3 is 10.6 Å². The molecule has 0 aromatic heterocycles. The third-order valence-corrected chi connectivity index (χ3v) is 4.09. The van der Waals surface area contributed by atoms with Crippen molar-refractivity contribution in [2.75, 3.05) is 32.4 Å². The first-order valence-electron chi connectivity index (χ1n) is 6.89. The molecule has 1 aromatic carbocycles. The number of carbonyl (C=O) groups is 1. The maximum Gasteiger partial charge on any atom is 0.256 e. The molecule has 1 atom stereocenters. The smallest absolute Gasteiger partial charge is 0.256 e. The Bertz CT molecular complexity index is 472. The van der Waals surface area contributed by atoms with Gasteiger partial charge in [-0.3, -0.25) is 9.69 Å². The minimum atomic E-state index is 0.0627. The molecule has 0 spiro atoms. The first-order chi connectivity index (χ1) is 9.04. The van der Waals surface area contributed by atoms with Gasteiger partial charge in [-0.2, -0.15) is 0 Å². The number of anilines is 1. The second kappa shape index (κ2) is 5.61. The Morgan fingerprint density at radius 2 is 2.16 bits per heavy atom. The quantitative estimate of drug-likeness (QED) is 0.825. The normalized spacial score (nSPS) is 20.6. The van der Waals surface area contributed by atoms with E-state index in [-0.39, 0.29) is 5.91 Å². The summed E-state index contributed by atoms with van der Waals surface area (Å²) in [6.07, 6.45) is 1.06. The van der Waals surface area contributed by atoms with Gasteiger partial charge in [0.1, 0.15) is 0 Å². The second-order valence-corrected chi connectivity index (χ2v) is 5.33. The highest BCUT2D eigenvalue weighted by molar-refractivity contribution is 5.99. The summed E-state index contributed by atoms with van der Waals surface area (Å²) in [5.41, 5.74) is 8.24. The van der Waals surface area contributed by atoms with Gasteiger partial charge in [-0.1, -0.05) is 19.1 Å². The summed E-state index contributed by atoms with van der Waals surface area (Å²) in [5.74, 6) is 0.0627. The van der Waals surface area contributed by atoms with Crippen LogP contribution in [0.1, 0.15) is 29.3 Å². The van der Waals surface area contributed by atoms with Crippen LogP contribution in [0.2, 0.25) is 0 Å². The molecule has 19 heavy (non-hydrogen) atoms. The molecule has 2 rings (SSSR count). The van der Waals surface area contributed by atoms with Crippen LogP contribution in [0.5, 0.6) is 0 Å². The van der Waals surface area contributed by atoms with Gasteiger partial charge in [0.05, 0.1) is 5.56 Å². The fraction of sp³-hybridized carbons (Fsp3) is 0.533. The molecule has 1 aromatic rings. The van der Waals surface area contributed by atoms with E-state index in [9.17, 15) is 4.79 Å². The van der Waals surface area contributed by atoms with Crippen molar-refractivity contribution in [1.82, 2.24) is 9.80 Å². The molecule has 1 heterocycles. The van der Waals surface area contributed by atoms with Crippen molar-refractivity contribution in [1.29, 1.82) is 0 Å². The summed E-state index contributed by atoms with van der Waals surface area (Å²) in [7, 11) is 2.12. The molecule has 0 aliphatic carbocycles. The Hall–Kier alpha value is -1.55. The number of benzene rings is 1. The Morgan fingerprint density at radius 3 is 2.84 bits per heavy atom. The van der Waals surface area contributed by atoms with Crippen LogP contribution in [-0.2, 0) is 0 Å². The van der Waals surface area contributed by atoms with Crippen LogP contribution >= 0.6 is 0 Å². The number of nitrogen functional groups attached to an aromatic ring is 1. The summed E-state index contributed by atoms with van der Waals surface area (Å²) >= 11 is 0. The highest BCUT2D eigenvalue weighted by Crippen LogP contribution is 2.20. The number of rotatable bonds is 2. The van der Waals surface area contributed by atoms with Crippen molar-refractivity contribution in [2.45, 2.75) is 26.3 Å². The van der Waals surface area contributed by atoms with Crippen LogP contribution in [0.4, 0.5) is 5.69 Å². The molecule has 4 nitrogen and oxygen atoms in total. The number of carbonyl (C=O) groups excluding carboxylic acids is 1. The van der Waals surface area contributed by atoms with E-state index < -0.39 is 0 Å². The van der Waals surface area contributed by atoms with Gasteiger partial charge in [-0.25, -0.2) is 0 Å². The van der Waals surface area contributed by atoms with Crippen LogP contribution in [0.15, 0.2) is 18.2 Å². The molecular formula is C15H23N3O. The van der Waals surface area contributed by atoms with Crippen LogP contribution in [-0.4, -0.2) is 48.4 Å². The number of hydrogen-bond donors (Lipinski definition) is 1. The van der Waals surface area contributed by atoms with Crippen LogP contribution in [0.3, 0.4) is 0 Å². The maximum absolute atomic E-state index is 12.6. The van der Waals surface area contributed by atoms with Crippen molar-refractivity contribution in [3.8, 4) is 0 Å². The van der Waals surface area contributed by atoms with Gasteiger partial charge in [0.15, 0.2) is 0 Å². The van der Waals surface area contributed by atoms with E-state index in [1.807, 2.05) is 30.0 Å². The minimum absolute atomic E-state index is 0.0627. The van der Waals surface area contributed by atoms with Gasteiger partial charge in [-0.15, -0.1) is 0 Å². The molecule has 0 radical (unpaired) electrons. The number of para-hydroxylation sites is 1. The van der Waals surface area contributed by atoms with E-state index in [1.54, 1.807) is 0 Å². The maximum atomic E-state index is 12.6. The standard InChI is InChI=1S/C15H23N3O/c1-4-12-10-18(9-8-17(12)3)15(19)13-7-5-6-11(2)14(13)16/h5-7,12H,4,8-10,16H2,1-3H3. The topological polar surface area (TPSA) is 49.6 Å². The van der Waals surface area contributed by atoms with E-state index in [2.05, 4.69) is 18.9 Å². The second-order valence-electron chi connectivity index (χ2n) is 5.33. The highest BCUT2D eigenvalue weighted by Gasteiger charge is 2.27. The summed E-state index contributed by atoms with van der Waals surface area (Å²) in [6, 6.07) is 6.10. The molecule has 1 fully saturated rings. The van der Waals surface area contributed by atoms with Crippen molar-refractivity contribution in [2.24, 2.45) is 0 Å². The lowest BCUT2D eigenvalue weighted by molar-refractivity contribution is 0.0543. The van der Waals surface area contributed by atoms with Crippen molar-refractivity contribution in [3.05, 3.63) is 29.3 Å². The third kappa shape index (κ3) is 2.73. The lowest BCUT2D eigenvalue weighted by atomic mass is 10.1. The summed E-state index contributed by atoms with van der Waals surface area (Å²) in [6.45, 7) is 6.59. The fourth-order valence-corrected chi connectivity index (χ4v) is 2.61. The SMILES string of the molecule is CCC1CN(C(=O)c2cccc(C)c2N)CCN1C. The van der Waals surface area contributed by atoms with Gasteiger partial charge in [0.2, 0.25) is 0 Å². The number of hydrogen-bond acceptors (Lipinski definition) is 3. The largest absolute Gasteiger partial charge is 0.398 e. The van der Waals surface area contributed by atoms with Gasteiger partial charge in [-0.05, 0) is 32.0 Å². The molecule has 4 heteroatoms. The Morgan fingerprint density at radius 1 is 1.42 bits per heavy atom. The first kappa shape index (κ1) is 13.9. The average Bonchev–Trinajstić information content (AvgIpc) is 2.41. The van der Waals surface area contributed by atoms with E-state index >= 15 is 0 Å². The number of amides is 1. The van der Waals surface area contributed by atoms with Gasteiger partial charge in [0.25, 0.3) is 5.91 Å². The third-order valence-electron chi connectivity index (χ3n) is 4.09. The zero-order valence-corrected chi connectivity index (χ0v) is 12.0. The van der Waals surface area contributed by atoms with Crippen LogP contribution in [0, 0.1) is 6.92 Å². The van der Waals surface area contributed by atoms with Crippen molar-refractivity contribution < 1.29 is 4.79 Å². The lowest BCUT2D eigenvalue weighted by Crippen LogP contribution is -2.53. The number of likely N-dealkylation sites (N-methyl/N-ethyl adjacent to an activating group) is 1. The molecule has 1 amide bonds. The van der Waals surface area contributed by atoms with Crippen molar-refractivity contribution in [3.63, 3.8) is 0 Å². The molecule has 1 aliphatic heterocycles. The van der Waals surface area contributed by atoms with E-state index in [0.29, 0.717) is 17.3 Å². The molecule has 1 unspecified atom stereocenters. The monoisotopic (exact) mass is 261 g/mol. The van der Waals surface area contributed by atoms with Gasteiger partial charge in [0, 0.05) is 31.4 Å². The molecule has 1 saturated heterocycles. The molecule has 1 aliphatic rings. The van der Waals surface area contributed by atoms with Crippen LogP contribution < -0.4 is 5.73 Å². The number of aryl methyl sites for hydroxylation is 1. The van der Waals surface area contributed by atoms with E-state index in [4.69, 9.17) is 5.73 Å². The lowest BCUT2D eigenvalue weighted by Gasteiger charge is -2.39. The Kier molecular flexibility index (Phi) is 4.10. The predicted octanol–water partition coefficient (Wildman–Crippen LogP) is 1.74. The number of nitrogens with two attached hydrogens (primary N) is 1. The summed E-state index contributed by atoms with van der Waals surface area (Å²) in [4.78, 5) is 16.8. The minimum Gasteiger partial charge on any atom is -0.398 e. The first-order valence-corrected chi connectivity index (χ1v) is 6.89. The zero-order chi connectivity index (χ0) is 14.0. The van der Waals surface area contributed by atoms with Crippen molar-refractivity contribution >= 4 is 11.6 Å². The average molecular weight is 261 g/mol. The fourth-order valence-electron chi connectivity index (χ4n) is 2.61. The number of nitrogens with zero attached hydrogens (tertiary/aromatic N) is 2. The Balaban J connectivity index is 2.18. The summed E-state index contributed by atoms with van der Waals surface area (Å²) < 4.78 is 0. The molecule has 0 bridgehead atoms. The summed E-state index contributed by atoms with van der Waals surface area (Å²) in [5, 5.41) is 0. The predicted molar refractivity (Wildman–Crippen MR) is 78.2 cm³/mol. The molecule has 0 saturated carbocycles. The van der Waals surface area contributed by atoms with Gasteiger partial charge >= 0.3 is 0 Å². The zero-order valence-electron chi connectivity index (χ0n) is 12.0. The highest BCUT2D eigenvalue weighted by atomic mass is 16.2. The number of piperazine rings is 1. The molecular weight excluding hydrogens is 238 g/mol. The molecule has 2 N–H and O–H groups in total. The van der Waals surface area contributed by atoms with Crippen LogP contribution in [0.25, 0.3) is 0 Å². The van der Waals surface area contributed by atoms with E-state index in [0.717, 1.165) is 31.6 Å². The van der Waals surface area contributed by atoms with E-state index in [1.165, 1.54) is 0 Å². The Labute approximate surface area is 115 Å².